The van der Waals surface area contributed by atoms with Crippen molar-refractivity contribution in [2.24, 2.45) is 0 Å². The number of anilines is 1. The van der Waals surface area contributed by atoms with Gasteiger partial charge < -0.3 is 5.32 Å². The van der Waals surface area contributed by atoms with E-state index >= 15 is 0 Å². The normalized spacial score (nSPS) is 10.9. The smallest absolute Gasteiger partial charge is 0.226 e. The third kappa shape index (κ3) is 3.59. The first-order valence-corrected chi connectivity index (χ1v) is 7.81. The molecule has 2 aromatic rings. The van der Waals surface area contributed by atoms with E-state index in [1.54, 1.807) is 0 Å². The van der Waals surface area contributed by atoms with Crippen LogP contribution in [0.4, 0.5) is 5.13 Å². The molecule has 0 fully saturated rings. The highest BCUT2D eigenvalue weighted by Gasteiger charge is 2.11. The molecular weight excluding hydrogens is 303 g/mol. The zero-order valence-corrected chi connectivity index (χ0v) is 12.8. The van der Waals surface area contributed by atoms with Gasteiger partial charge in [0.2, 0.25) is 5.91 Å². The van der Waals surface area contributed by atoms with Crippen LogP contribution in [0, 0.1) is 0 Å². The van der Waals surface area contributed by atoms with Crippen molar-refractivity contribution in [2.45, 2.75) is 26.2 Å². The maximum absolute atomic E-state index is 11.6. The number of amides is 1. The molecule has 0 saturated heterocycles. The summed E-state index contributed by atoms with van der Waals surface area (Å²) in [5.74, 6) is 0.437. The van der Waals surface area contributed by atoms with Crippen LogP contribution in [0.1, 0.15) is 25.3 Å². The average Bonchev–Trinajstić information content (AvgIpc) is 2.77. The molecule has 19 heavy (non-hydrogen) atoms. The molecule has 1 amide bonds. The summed E-state index contributed by atoms with van der Waals surface area (Å²) in [5, 5.41) is 4.12. The SMILES string of the molecule is CCc1cc(Cl)cc2sc(NC(=O)CCCCl)nc12. The van der Waals surface area contributed by atoms with Crippen molar-refractivity contribution >= 4 is 55.8 Å². The summed E-state index contributed by atoms with van der Waals surface area (Å²) in [6.07, 6.45) is 1.95. The molecule has 1 aromatic carbocycles. The van der Waals surface area contributed by atoms with Crippen molar-refractivity contribution in [1.29, 1.82) is 0 Å². The van der Waals surface area contributed by atoms with E-state index in [-0.39, 0.29) is 5.91 Å². The number of nitrogens with zero attached hydrogens (tertiary/aromatic N) is 1. The minimum absolute atomic E-state index is 0.0520. The lowest BCUT2D eigenvalue weighted by Gasteiger charge is -1.99. The van der Waals surface area contributed by atoms with Gasteiger partial charge in [-0.15, -0.1) is 11.6 Å². The molecule has 0 bridgehead atoms. The van der Waals surface area contributed by atoms with Gasteiger partial charge in [-0.25, -0.2) is 4.98 Å². The topological polar surface area (TPSA) is 42.0 Å². The molecule has 1 aromatic heterocycles. The Morgan fingerprint density at radius 2 is 2.26 bits per heavy atom. The van der Waals surface area contributed by atoms with Crippen molar-refractivity contribution in [3.05, 3.63) is 22.7 Å². The summed E-state index contributed by atoms with van der Waals surface area (Å²) < 4.78 is 0.997. The van der Waals surface area contributed by atoms with Crippen molar-refractivity contribution in [3.8, 4) is 0 Å². The first-order valence-electron chi connectivity index (χ1n) is 6.08. The maximum atomic E-state index is 11.6. The minimum atomic E-state index is -0.0520. The molecular formula is C13H14Cl2N2OS. The molecule has 2 rings (SSSR count). The number of benzene rings is 1. The molecule has 0 saturated carbocycles. The quantitative estimate of drug-likeness (QED) is 0.827. The summed E-state index contributed by atoms with van der Waals surface area (Å²) in [5.41, 5.74) is 2.02. The predicted molar refractivity (Wildman–Crippen MR) is 82.6 cm³/mol. The van der Waals surface area contributed by atoms with Crippen molar-refractivity contribution in [2.75, 3.05) is 11.2 Å². The van der Waals surface area contributed by atoms with Crippen LogP contribution in [-0.4, -0.2) is 16.8 Å². The molecule has 3 nitrogen and oxygen atoms in total. The van der Waals surface area contributed by atoms with E-state index in [0.29, 0.717) is 28.9 Å². The molecule has 0 spiro atoms. The minimum Gasteiger partial charge on any atom is -0.302 e. The zero-order valence-electron chi connectivity index (χ0n) is 10.5. The number of nitrogens with one attached hydrogen (secondary N) is 1. The van der Waals surface area contributed by atoms with E-state index in [1.165, 1.54) is 11.3 Å². The van der Waals surface area contributed by atoms with Gasteiger partial charge in [0.05, 0.1) is 10.2 Å². The van der Waals surface area contributed by atoms with E-state index in [4.69, 9.17) is 23.2 Å². The van der Waals surface area contributed by atoms with E-state index in [9.17, 15) is 4.79 Å². The van der Waals surface area contributed by atoms with Gasteiger partial charge in [-0.1, -0.05) is 29.9 Å². The van der Waals surface area contributed by atoms with Gasteiger partial charge >= 0.3 is 0 Å². The van der Waals surface area contributed by atoms with Crippen LogP contribution >= 0.6 is 34.5 Å². The Kier molecular flexibility index (Phi) is 5.02. The fourth-order valence-electron chi connectivity index (χ4n) is 1.79. The Hall–Kier alpha value is -0.840. The number of carbonyl (C=O) groups excluding carboxylic acids is 1. The Morgan fingerprint density at radius 3 is 2.95 bits per heavy atom. The number of carbonyl (C=O) groups is 1. The Bertz CT molecular complexity index is 598. The third-order valence-corrected chi connectivity index (χ3v) is 4.11. The van der Waals surface area contributed by atoms with E-state index in [1.807, 2.05) is 12.1 Å². The zero-order chi connectivity index (χ0) is 13.8. The molecule has 1 heterocycles. The molecule has 6 heteroatoms. The second kappa shape index (κ2) is 6.55. The standard InChI is InChI=1S/C13H14Cl2N2OS/c1-2-8-6-9(15)7-10-12(8)17-13(19-10)16-11(18)4-3-5-14/h6-7H,2-5H2,1H3,(H,16,17,18). The van der Waals surface area contributed by atoms with Crippen LogP contribution in [0.2, 0.25) is 5.02 Å². The monoisotopic (exact) mass is 316 g/mol. The van der Waals surface area contributed by atoms with E-state index in [0.717, 1.165) is 22.2 Å². The summed E-state index contributed by atoms with van der Waals surface area (Å²) in [6.45, 7) is 2.06. The molecule has 0 radical (unpaired) electrons. The van der Waals surface area contributed by atoms with Gasteiger partial charge in [-0.3, -0.25) is 4.79 Å². The first-order chi connectivity index (χ1) is 9.13. The Labute approximate surface area is 125 Å². The molecule has 1 N–H and O–H groups in total. The van der Waals surface area contributed by atoms with Crippen LogP contribution in [0.3, 0.4) is 0 Å². The molecule has 0 unspecified atom stereocenters. The second-order valence-corrected chi connectivity index (χ2v) is 5.97. The van der Waals surface area contributed by atoms with E-state index in [2.05, 4.69) is 17.2 Å². The number of aryl methyl sites for hydroxylation is 1. The molecule has 0 aliphatic rings. The first kappa shape index (κ1) is 14.6. The molecule has 0 aliphatic carbocycles. The summed E-state index contributed by atoms with van der Waals surface area (Å²) >= 11 is 13.1. The number of fused-ring (bicyclic) bond motifs is 1. The number of hydrogen-bond acceptors (Lipinski definition) is 3. The highest BCUT2D eigenvalue weighted by molar-refractivity contribution is 7.22. The van der Waals surface area contributed by atoms with Crippen molar-refractivity contribution in [3.63, 3.8) is 0 Å². The van der Waals surface area contributed by atoms with Crippen molar-refractivity contribution < 1.29 is 4.79 Å². The largest absolute Gasteiger partial charge is 0.302 e. The van der Waals surface area contributed by atoms with Crippen LogP contribution in [-0.2, 0) is 11.2 Å². The summed E-state index contributed by atoms with van der Waals surface area (Å²) in [6, 6.07) is 3.80. The Morgan fingerprint density at radius 1 is 1.47 bits per heavy atom. The van der Waals surface area contributed by atoms with E-state index < -0.39 is 0 Å². The maximum Gasteiger partial charge on any atom is 0.226 e. The Balaban J connectivity index is 2.24. The number of thiazole rings is 1. The van der Waals surface area contributed by atoms with Gasteiger partial charge in [0, 0.05) is 17.3 Å². The summed E-state index contributed by atoms with van der Waals surface area (Å²) in [7, 11) is 0. The molecule has 102 valence electrons. The van der Waals surface area contributed by atoms with Crippen LogP contribution in [0.5, 0.6) is 0 Å². The van der Waals surface area contributed by atoms with Crippen molar-refractivity contribution in [1.82, 2.24) is 4.98 Å². The number of halogens is 2. The number of aromatic nitrogens is 1. The molecule has 0 atom stereocenters. The van der Waals surface area contributed by atoms with Gasteiger partial charge in [0.15, 0.2) is 5.13 Å². The lowest BCUT2D eigenvalue weighted by molar-refractivity contribution is -0.116. The van der Waals surface area contributed by atoms with Gasteiger partial charge in [-0.2, -0.15) is 0 Å². The fourth-order valence-corrected chi connectivity index (χ4v) is 3.20. The number of rotatable bonds is 5. The third-order valence-electron chi connectivity index (χ3n) is 2.70. The number of alkyl halides is 1. The molecule has 0 aliphatic heterocycles. The van der Waals surface area contributed by atoms with Crippen LogP contribution in [0.25, 0.3) is 10.2 Å². The average molecular weight is 317 g/mol. The highest BCUT2D eigenvalue weighted by Crippen LogP contribution is 2.31. The number of hydrogen-bond donors (Lipinski definition) is 1. The van der Waals surface area contributed by atoms with Crippen LogP contribution < -0.4 is 5.32 Å². The lowest BCUT2D eigenvalue weighted by atomic mass is 10.1. The fraction of sp³-hybridized carbons (Fsp3) is 0.385. The predicted octanol–water partition coefficient (Wildman–Crippen LogP) is 4.47. The van der Waals surface area contributed by atoms with Gasteiger partial charge in [-0.05, 0) is 30.5 Å². The summed E-state index contributed by atoms with van der Waals surface area (Å²) in [4.78, 5) is 16.1. The highest BCUT2D eigenvalue weighted by atomic mass is 35.5. The lowest BCUT2D eigenvalue weighted by Crippen LogP contribution is -2.10. The van der Waals surface area contributed by atoms with Crippen LogP contribution in [0.15, 0.2) is 12.1 Å². The second-order valence-electron chi connectivity index (χ2n) is 4.12. The van der Waals surface area contributed by atoms with Gasteiger partial charge in [0.1, 0.15) is 0 Å². The van der Waals surface area contributed by atoms with Gasteiger partial charge in [0.25, 0.3) is 0 Å².